The van der Waals surface area contributed by atoms with Gasteiger partial charge in [-0.1, -0.05) is 0 Å². The monoisotopic (exact) mass is 307 g/mol. The van der Waals surface area contributed by atoms with Crippen LogP contribution in [0.1, 0.15) is 48.2 Å². The van der Waals surface area contributed by atoms with Crippen molar-refractivity contribution in [1.29, 1.82) is 0 Å². The van der Waals surface area contributed by atoms with E-state index >= 15 is 0 Å². The van der Waals surface area contributed by atoms with Crippen LogP contribution in [-0.4, -0.2) is 60.1 Å². The Labute approximate surface area is 131 Å². The highest BCUT2D eigenvalue weighted by atomic mass is 16.5. The summed E-state index contributed by atoms with van der Waals surface area (Å²) in [6.07, 6.45) is 4.70. The molecule has 1 unspecified atom stereocenters. The third-order valence-corrected chi connectivity index (χ3v) is 4.73. The van der Waals surface area contributed by atoms with E-state index in [4.69, 9.17) is 9.47 Å². The molecule has 2 saturated heterocycles. The Hall–Kier alpha value is -1.40. The van der Waals surface area contributed by atoms with Crippen LogP contribution in [0, 0.1) is 0 Å². The quantitative estimate of drug-likeness (QED) is 0.849. The Kier molecular flexibility index (Phi) is 4.78. The van der Waals surface area contributed by atoms with Gasteiger partial charge in [-0.25, -0.2) is 0 Å². The number of aryl methyl sites for hydroxylation is 1. The zero-order chi connectivity index (χ0) is 15.5. The van der Waals surface area contributed by atoms with Gasteiger partial charge in [0.25, 0.3) is 5.91 Å². The zero-order valence-corrected chi connectivity index (χ0v) is 13.5. The first-order chi connectivity index (χ1) is 10.7. The maximum atomic E-state index is 12.9. The van der Waals surface area contributed by atoms with Gasteiger partial charge in [0, 0.05) is 45.5 Å². The third-order valence-electron chi connectivity index (χ3n) is 4.73. The van der Waals surface area contributed by atoms with Crippen molar-refractivity contribution in [3.05, 3.63) is 17.5 Å². The minimum atomic E-state index is 0.0664. The number of carbonyl (C=O) groups excluding carboxylic acids is 1. The SMILES string of the molecule is CCn1cc(C(=O)N(C)C2CCOC2)c(C2CCOCC2)n1. The molecule has 2 aliphatic heterocycles. The Morgan fingerprint density at radius 1 is 1.32 bits per heavy atom. The Balaban J connectivity index is 1.84. The minimum absolute atomic E-state index is 0.0664. The molecule has 0 bridgehead atoms. The Morgan fingerprint density at radius 3 is 2.68 bits per heavy atom. The molecule has 0 spiro atoms. The average Bonchev–Trinajstić information content (AvgIpc) is 3.23. The first-order valence-electron chi connectivity index (χ1n) is 8.20. The number of likely N-dealkylation sites (N-methyl/N-ethyl adjacent to an activating group) is 1. The largest absolute Gasteiger partial charge is 0.381 e. The lowest BCUT2D eigenvalue weighted by Crippen LogP contribution is -2.37. The maximum Gasteiger partial charge on any atom is 0.257 e. The number of hydrogen-bond donors (Lipinski definition) is 0. The number of nitrogens with zero attached hydrogens (tertiary/aromatic N) is 3. The lowest BCUT2D eigenvalue weighted by molar-refractivity contribution is 0.0699. The fourth-order valence-electron chi connectivity index (χ4n) is 3.22. The van der Waals surface area contributed by atoms with Gasteiger partial charge in [-0.3, -0.25) is 9.48 Å². The lowest BCUT2D eigenvalue weighted by Gasteiger charge is -2.25. The highest BCUT2D eigenvalue weighted by molar-refractivity contribution is 5.95. The van der Waals surface area contributed by atoms with Gasteiger partial charge in [-0.2, -0.15) is 5.10 Å². The molecule has 1 aromatic rings. The van der Waals surface area contributed by atoms with Crippen molar-refractivity contribution < 1.29 is 14.3 Å². The molecule has 3 heterocycles. The second-order valence-corrected chi connectivity index (χ2v) is 6.10. The molecule has 6 heteroatoms. The van der Waals surface area contributed by atoms with Crippen LogP contribution in [0.2, 0.25) is 0 Å². The second kappa shape index (κ2) is 6.79. The summed E-state index contributed by atoms with van der Waals surface area (Å²) in [7, 11) is 1.87. The minimum Gasteiger partial charge on any atom is -0.381 e. The van der Waals surface area contributed by atoms with Crippen molar-refractivity contribution in [2.75, 3.05) is 33.5 Å². The number of hydrogen-bond acceptors (Lipinski definition) is 4. The van der Waals surface area contributed by atoms with E-state index < -0.39 is 0 Å². The van der Waals surface area contributed by atoms with Gasteiger partial charge in [0.2, 0.25) is 0 Å². The smallest absolute Gasteiger partial charge is 0.257 e. The summed E-state index contributed by atoms with van der Waals surface area (Å²) in [4.78, 5) is 14.7. The van der Waals surface area contributed by atoms with E-state index in [2.05, 4.69) is 5.10 Å². The standard InChI is InChI=1S/C16H25N3O3/c1-3-19-10-14(15(17-19)12-4-7-21-8-5-12)16(20)18(2)13-6-9-22-11-13/h10,12-13H,3-9,11H2,1-2H3. The van der Waals surface area contributed by atoms with Gasteiger partial charge < -0.3 is 14.4 Å². The van der Waals surface area contributed by atoms with Crippen molar-refractivity contribution in [3.8, 4) is 0 Å². The van der Waals surface area contributed by atoms with Crippen molar-refractivity contribution >= 4 is 5.91 Å². The van der Waals surface area contributed by atoms with Crippen LogP contribution in [0.4, 0.5) is 0 Å². The number of ether oxygens (including phenoxy) is 2. The summed E-state index contributed by atoms with van der Waals surface area (Å²) in [5, 5.41) is 4.66. The van der Waals surface area contributed by atoms with Gasteiger partial charge in [0.15, 0.2) is 0 Å². The molecule has 1 atom stereocenters. The van der Waals surface area contributed by atoms with E-state index in [9.17, 15) is 4.79 Å². The highest BCUT2D eigenvalue weighted by Gasteiger charge is 2.30. The lowest BCUT2D eigenvalue weighted by atomic mass is 9.93. The molecule has 0 radical (unpaired) electrons. The van der Waals surface area contributed by atoms with Crippen molar-refractivity contribution in [2.45, 2.75) is 44.7 Å². The van der Waals surface area contributed by atoms with Crippen LogP contribution in [0.3, 0.4) is 0 Å². The van der Waals surface area contributed by atoms with Gasteiger partial charge in [-0.15, -0.1) is 0 Å². The van der Waals surface area contributed by atoms with Crippen LogP contribution in [-0.2, 0) is 16.0 Å². The molecule has 0 aromatic carbocycles. The van der Waals surface area contributed by atoms with Crippen molar-refractivity contribution in [3.63, 3.8) is 0 Å². The fourth-order valence-corrected chi connectivity index (χ4v) is 3.22. The van der Waals surface area contributed by atoms with Crippen LogP contribution in [0.15, 0.2) is 6.20 Å². The molecule has 1 amide bonds. The summed E-state index contributed by atoms with van der Waals surface area (Å²) < 4.78 is 12.7. The van der Waals surface area contributed by atoms with Crippen LogP contribution in [0.25, 0.3) is 0 Å². The molecule has 2 aliphatic rings. The summed E-state index contributed by atoms with van der Waals surface area (Å²) in [6.45, 7) is 5.70. The highest BCUT2D eigenvalue weighted by Crippen LogP contribution is 2.29. The van der Waals surface area contributed by atoms with Crippen molar-refractivity contribution in [2.24, 2.45) is 0 Å². The summed E-state index contributed by atoms with van der Waals surface area (Å²) in [5.41, 5.74) is 1.70. The number of amides is 1. The number of carbonyl (C=O) groups is 1. The summed E-state index contributed by atoms with van der Waals surface area (Å²) in [5.74, 6) is 0.394. The number of rotatable bonds is 4. The predicted octanol–water partition coefficient (Wildman–Crippen LogP) is 1.66. The molecule has 2 fully saturated rings. The molecular weight excluding hydrogens is 282 g/mol. The van der Waals surface area contributed by atoms with Gasteiger partial charge in [0.05, 0.1) is 23.9 Å². The zero-order valence-electron chi connectivity index (χ0n) is 13.5. The number of aromatic nitrogens is 2. The van der Waals surface area contributed by atoms with Gasteiger partial charge in [0.1, 0.15) is 0 Å². The van der Waals surface area contributed by atoms with Crippen LogP contribution < -0.4 is 0 Å². The molecule has 6 nitrogen and oxygen atoms in total. The maximum absolute atomic E-state index is 12.9. The normalized spacial score (nSPS) is 22.9. The topological polar surface area (TPSA) is 56.6 Å². The van der Waals surface area contributed by atoms with Gasteiger partial charge >= 0.3 is 0 Å². The predicted molar refractivity (Wildman–Crippen MR) is 82.0 cm³/mol. The Morgan fingerprint density at radius 2 is 2.05 bits per heavy atom. The summed E-state index contributed by atoms with van der Waals surface area (Å²) >= 11 is 0. The molecule has 3 rings (SSSR count). The first kappa shape index (κ1) is 15.5. The van der Waals surface area contributed by atoms with E-state index in [1.54, 1.807) is 0 Å². The van der Waals surface area contributed by atoms with E-state index in [0.29, 0.717) is 12.5 Å². The second-order valence-electron chi connectivity index (χ2n) is 6.10. The van der Waals surface area contributed by atoms with E-state index in [-0.39, 0.29) is 11.9 Å². The molecule has 122 valence electrons. The summed E-state index contributed by atoms with van der Waals surface area (Å²) in [6, 6.07) is 0.181. The van der Waals surface area contributed by atoms with E-state index in [0.717, 1.165) is 56.9 Å². The van der Waals surface area contributed by atoms with Crippen molar-refractivity contribution in [1.82, 2.24) is 14.7 Å². The van der Waals surface area contributed by atoms with Gasteiger partial charge in [-0.05, 0) is 26.2 Å². The first-order valence-corrected chi connectivity index (χ1v) is 8.20. The Bertz CT molecular complexity index is 517. The van der Waals surface area contributed by atoms with Crippen LogP contribution >= 0.6 is 0 Å². The molecule has 22 heavy (non-hydrogen) atoms. The third kappa shape index (κ3) is 3.03. The average molecular weight is 307 g/mol. The fraction of sp³-hybridized carbons (Fsp3) is 0.750. The molecule has 1 aromatic heterocycles. The van der Waals surface area contributed by atoms with E-state index in [1.165, 1.54) is 0 Å². The molecule has 0 aliphatic carbocycles. The molecular formula is C16H25N3O3. The van der Waals surface area contributed by atoms with Crippen LogP contribution in [0.5, 0.6) is 0 Å². The molecule has 0 saturated carbocycles. The molecule has 0 N–H and O–H groups in total. The van der Waals surface area contributed by atoms with E-state index in [1.807, 2.05) is 29.7 Å².